The van der Waals surface area contributed by atoms with Gasteiger partial charge in [0.2, 0.25) is 15.9 Å². The highest BCUT2D eigenvalue weighted by atomic mass is 32.2. The topological polar surface area (TPSA) is 131 Å². The minimum absolute atomic E-state index is 0.00162. The van der Waals surface area contributed by atoms with Gasteiger partial charge in [-0.25, -0.2) is 31.8 Å². The van der Waals surface area contributed by atoms with Gasteiger partial charge < -0.3 is 10.1 Å². The van der Waals surface area contributed by atoms with E-state index in [0.29, 0.717) is 48.8 Å². The van der Waals surface area contributed by atoms with Gasteiger partial charge in [0.25, 0.3) is 0 Å². The minimum atomic E-state index is -3.35. The van der Waals surface area contributed by atoms with Gasteiger partial charge in [-0.3, -0.25) is 0 Å². The molecule has 36 heavy (non-hydrogen) atoms. The molecule has 2 aromatic rings. The van der Waals surface area contributed by atoms with Crippen molar-refractivity contribution in [1.29, 1.82) is 0 Å². The molecule has 2 aromatic heterocycles. The Balaban J connectivity index is 1.16. The fourth-order valence-corrected chi connectivity index (χ4v) is 9.39. The Labute approximate surface area is 211 Å². The second-order valence-corrected chi connectivity index (χ2v) is 14.8. The fourth-order valence-electron chi connectivity index (χ4n) is 5.48. The molecule has 194 valence electrons. The Morgan fingerprint density at radius 3 is 2.19 bits per heavy atom. The van der Waals surface area contributed by atoms with Crippen LogP contribution < -0.4 is 10.1 Å². The lowest BCUT2D eigenvalue weighted by molar-refractivity contribution is 0.0910. The summed E-state index contributed by atoms with van der Waals surface area (Å²) in [6, 6.07) is 3.25. The molecule has 2 aliphatic heterocycles. The van der Waals surface area contributed by atoms with Crippen molar-refractivity contribution in [2.75, 3.05) is 5.32 Å². The molecule has 10 nitrogen and oxygen atoms in total. The lowest BCUT2D eigenvalue weighted by Crippen LogP contribution is -2.50. The molecule has 2 unspecified atom stereocenters. The third-order valence-corrected chi connectivity index (χ3v) is 12.4. The van der Waals surface area contributed by atoms with Crippen molar-refractivity contribution in [2.45, 2.75) is 98.9 Å². The molecule has 2 saturated carbocycles. The van der Waals surface area contributed by atoms with Crippen LogP contribution in [-0.4, -0.2) is 64.8 Å². The number of piperidine rings is 1. The average molecular weight is 534 g/mol. The summed E-state index contributed by atoms with van der Waals surface area (Å²) in [4.78, 5) is 13.0. The number of aromatic nitrogens is 3. The molecule has 6 rings (SSSR count). The second-order valence-electron chi connectivity index (χ2n) is 10.5. The van der Waals surface area contributed by atoms with E-state index in [9.17, 15) is 16.8 Å². The molecule has 0 amide bonds. The zero-order valence-electron chi connectivity index (χ0n) is 20.4. The highest BCUT2D eigenvalue weighted by Gasteiger charge is 2.52. The molecule has 2 saturated heterocycles. The average Bonchev–Trinajstić information content (AvgIpc) is 3.73. The molecule has 0 radical (unpaired) electrons. The molecule has 1 N–H and O–H groups in total. The van der Waals surface area contributed by atoms with Crippen LogP contribution >= 0.6 is 0 Å². The largest absolute Gasteiger partial charge is 0.474 e. The van der Waals surface area contributed by atoms with Crippen LogP contribution in [0, 0.1) is 13.8 Å². The van der Waals surface area contributed by atoms with Crippen LogP contribution in [-0.2, 0) is 19.9 Å². The third-order valence-electron chi connectivity index (χ3n) is 7.75. The van der Waals surface area contributed by atoms with Gasteiger partial charge in [-0.05, 0) is 64.5 Å². The molecule has 0 spiro atoms. The maximum absolute atomic E-state index is 12.9. The Morgan fingerprint density at radius 2 is 1.58 bits per heavy atom. The summed E-state index contributed by atoms with van der Waals surface area (Å²) in [6.07, 6.45) is 7.36. The first-order chi connectivity index (χ1) is 17.1. The Bertz CT molecular complexity index is 1390. The van der Waals surface area contributed by atoms with E-state index in [1.54, 1.807) is 17.3 Å². The number of fused-ring (bicyclic) bond motifs is 2. The lowest BCUT2D eigenvalue weighted by atomic mass is 10.0. The van der Waals surface area contributed by atoms with Gasteiger partial charge in [-0.15, -0.1) is 0 Å². The van der Waals surface area contributed by atoms with Crippen LogP contribution in [0.4, 0.5) is 11.5 Å². The summed E-state index contributed by atoms with van der Waals surface area (Å²) in [5, 5.41) is 2.87. The van der Waals surface area contributed by atoms with Crippen molar-refractivity contribution in [3.05, 3.63) is 29.7 Å². The molecular formula is C24H31N5O5S2. The molecule has 2 aliphatic carbocycles. The molecule has 0 aromatic carbocycles. The fraction of sp³-hybridized carbons (Fsp3) is 0.625. The highest BCUT2D eigenvalue weighted by Crippen LogP contribution is 2.44. The van der Waals surface area contributed by atoms with Crippen LogP contribution in [0.25, 0.3) is 0 Å². The van der Waals surface area contributed by atoms with Crippen LogP contribution in [0.1, 0.15) is 62.6 Å². The summed E-state index contributed by atoms with van der Waals surface area (Å²) < 4.78 is 58.9. The maximum atomic E-state index is 12.9. The van der Waals surface area contributed by atoms with E-state index in [0.717, 1.165) is 31.2 Å². The van der Waals surface area contributed by atoms with Crippen LogP contribution in [0.3, 0.4) is 0 Å². The van der Waals surface area contributed by atoms with Crippen molar-refractivity contribution in [3.8, 4) is 5.88 Å². The standard InChI is InChI=1S/C24H31N5O5S2/c1-14-23(28-21-9-10-22(27-15(21)2)35(30,31)19-5-6-19)25-13-26-24(14)34-18-11-16-3-4-17(12-18)29(16)36(32,33)20-7-8-20/h9-10,13,16-20H,3-8,11-12H2,1-2H3,(H,25,26,28). The SMILES string of the molecule is Cc1nc(S(=O)(=O)C2CC2)ccc1Nc1ncnc(OC2CC3CCC(C2)N3S(=O)(=O)C2CC2)c1C. The number of rotatable bonds is 8. The first-order valence-electron chi connectivity index (χ1n) is 12.6. The van der Waals surface area contributed by atoms with Gasteiger partial charge in [0.1, 0.15) is 18.2 Å². The lowest BCUT2D eigenvalue weighted by Gasteiger charge is -2.37. The second kappa shape index (κ2) is 8.63. The number of anilines is 2. The highest BCUT2D eigenvalue weighted by molar-refractivity contribution is 7.92. The summed E-state index contributed by atoms with van der Waals surface area (Å²) in [6.45, 7) is 3.63. The van der Waals surface area contributed by atoms with Crippen molar-refractivity contribution < 1.29 is 21.6 Å². The summed E-state index contributed by atoms with van der Waals surface area (Å²) in [5.74, 6) is 1.02. The van der Waals surface area contributed by atoms with Crippen molar-refractivity contribution in [1.82, 2.24) is 19.3 Å². The molecule has 4 fully saturated rings. The van der Waals surface area contributed by atoms with Gasteiger partial charge >= 0.3 is 0 Å². The minimum Gasteiger partial charge on any atom is -0.474 e. The maximum Gasteiger partial charge on any atom is 0.221 e. The van der Waals surface area contributed by atoms with Gasteiger partial charge in [0, 0.05) is 24.9 Å². The van der Waals surface area contributed by atoms with Gasteiger partial charge in [0.05, 0.1) is 27.4 Å². The van der Waals surface area contributed by atoms with E-state index in [4.69, 9.17) is 4.74 Å². The van der Waals surface area contributed by atoms with E-state index in [1.165, 1.54) is 12.4 Å². The molecule has 4 heterocycles. The van der Waals surface area contributed by atoms with Gasteiger partial charge in [0.15, 0.2) is 14.9 Å². The van der Waals surface area contributed by atoms with Crippen molar-refractivity contribution >= 4 is 31.4 Å². The Morgan fingerprint density at radius 1 is 0.917 bits per heavy atom. The van der Waals surface area contributed by atoms with Gasteiger partial charge in [-0.2, -0.15) is 4.31 Å². The van der Waals surface area contributed by atoms with Crippen molar-refractivity contribution in [2.24, 2.45) is 0 Å². The van der Waals surface area contributed by atoms with E-state index in [-0.39, 0.29) is 33.7 Å². The van der Waals surface area contributed by atoms with Crippen molar-refractivity contribution in [3.63, 3.8) is 0 Å². The van der Waals surface area contributed by atoms with E-state index >= 15 is 0 Å². The quantitative estimate of drug-likeness (QED) is 0.544. The van der Waals surface area contributed by atoms with Crippen LogP contribution in [0.5, 0.6) is 5.88 Å². The monoisotopic (exact) mass is 533 g/mol. The van der Waals surface area contributed by atoms with Crippen LogP contribution in [0.2, 0.25) is 0 Å². The summed E-state index contributed by atoms with van der Waals surface area (Å²) >= 11 is 0. The molecule has 2 atom stereocenters. The number of sulfonamides is 1. The predicted molar refractivity (Wildman–Crippen MR) is 133 cm³/mol. The predicted octanol–water partition coefficient (Wildman–Crippen LogP) is 3.03. The Kier molecular flexibility index (Phi) is 5.76. The molecule has 4 aliphatic rings. The first-order valence-corrected chi connectivity index (χ1v) is 15.7. The summed E-state index contributed by atoms with van der Waals surface area (Å²) in [7, 11) is -6.54. The normalized spacial score (nSPS) is 26.7. The number of nitrogens with zero attached hydrogens (tertiary/aromatic N) is 4. The summed E-state index contributed by atoms with van der Waals surface area (Å²) in [5.41, 5.74) is 1.96. The number of aryl methyl sites for hydroxylation is 1. The van der Waals surface area contributed by atoms with E-state index in [1.807, 2.05) is 6.92 Å². The zero-order chi connectivity index (χ0) is 25.2. The number of sulfone groups is 1. The third kappa shape index (κ3) is 4.26. The smallest absolute Gasteiger partial charge is 0.221 e. The number of nitrogens with one attached hydrogen (secondary N) is 1. The molecular weight excluding hydrogens is 502 g/mol. The molecule has 2 bridgehead atoms. The number of hydrogen-bond acceptors (Lipinski definition) is 9. The zero-order valence-corrected chi connectivity index (χ0v) is 22.1. The first kappa shape index (κ1) is 24.1. The molecule has 12 heteroatoms. The van der Waals surface area contributed by atoms with E-state index < -0.39 is 19.9 Å². The number of hydrogen-bond donors (Lipinski definition) is 1. The van der Waals surface area contributed by atoms with Crippen LogP contribution in [0.15, 0.2) is 23.5 Å². The van der Waals surface area contributed by atoms with Gasteiger partial charge in [-0.1, -0.05) is 0 Å². The van der Waals surface area contributed by atoms with E-state index in [2.05, 4.69) is 20.3 Å². The number of ether oxygens (including phenoxy) is 1. The Hall–Kier alpha value is -2.31. The number of pyridine rings is 1.